The molecular weight excluding hydrogens is 751 g/mol. The molecule has 0 unspecified atom stereocenters. The predicted molar refractivity (Wildman–Crippen MR) is 180 cm³/mol. The minimum atomic E-state index is 0. The van der Waals surface area contributed by atoms with Gasteiger partial charge in [-0.1, -0.05) is 77.7 Å². The average molecular weight is 774 g/mol. The summed E-state index contributed by atoms with van der Waals surface area (Å²) in [5.41, 5.74) is 6.43. The molecule has 0 amide bonds. The van der Waals surface area contributed by atoms with E-state index in [2.05, 4.69) is 80.4 Å². The van der Waals surface area contributed by atoms with E-state index in [-0.39, 0.29) is 20.1 Å². The number of hydrogen-bond acceptors (Lipinski definition) is 5. The molecule has 5 aromatic carbocycles. The fourth-order valence-electron chi connectivity index (χ4n) is 5.47. The number of pyridine rings is 1. The monoisotopic (exact) mass is 774 g/mol. The van der Waals surface area contributed by atoms with Gasteiger partial charge in [0.25, 0.3) is 0 Å². The zero-order chi connectivity index (χ0) is 29.3. The quantitative estimate of drug-likeness (QED) is 0.168. The Bertz CT molecular complexity index is 2350. The van der Waals surface area contributed by atoms with Crippen molar-refractivity contribution in [2.75, 3.05) is 0 Å². The summed E-state index contributed by atoms with van der Waals surface area (Å²) in [6.45, 7) is 0. The second-order valence-corrected chi connectivity index (χ2v) is 11.2. The molecule has 1 radical (unpaired) electrons. The Morgan fingerprint density at radius 2 is 1.40 bits per heavy atom. The number of rotatable bonds is 3. The molecule has 0 saturated carbocycles. The van der Waals surface area contributed by atoms with Crippen LogP contribution in [-0.4, -0.2) is 24.7 Å². The summed E-state index contributed by atoms with van der Waals surface area (Å²) >= 11 is 1.78. The second kappa shape index (κ2) is 12.5. The van der Waals surface area contributed by atoms with Crippen LogP contribution >= 0.6 is 11.3 Å². The van der Waals surface area contributed by atoms with Crippen LogP contribution in [-0.2, 0) is 20.1 Å². The van der Waals surface area contributed by atoms with E-state index in [4.69, 9.17) is 4.98 Å². The zero-order valence-electron chi connectivity index (χ0n) is 23.8. The molecule has 9 aromatic rings. The van der Waals surface area contributed by atoms with Gasteiger partial charge < -0.3 is 9.55 Å². The van der Waals surface area contributed by atoms with Crippen molar-refractivity contribution < 1.29 is 20.1 Å². The van der Waals surface area contributed by atoms with Gasteiger partial charge in [0, 0.05) is 42.1 Å². The topological polar surface area (TPSA) is 56.5 Å². The van der Waals surface area contributed by atoms with Gasteiger partial charge in [-0.2, -0.15) is 11.3 Å². The normalized spacial score (nSPS) is 10.9. The molecular formula is C38H23IrN5S-2. The first-order valence-electron chi connectivity index (χ1n) is 14.2. The maximum atomic E-state index is 5.14. The minimum absolute atomic E-state index is 0. The number of nitrogens with zero attached hydrogens (tertiary/aromatic N) is 5. The van der Waals surface area contributed by atoms with E-state index in [0.717, 1.165) is 50.4 Å². The van der Waals surface area contributed by atoms with Crippen molar-refractivity contribution in [2.45, 2.75) is 0 Å². The molecule has 217 valence electrons. The Balaban J connectivity index is 0.000000211. The van der Waals surface area contributed by atoms with Crippen LogP contribution in [0.3, 0.4) is 0 Å². The third kappa shape index (κ3) is 5.32. The van der Waals surface area contributed by atoms with Crippen molar-refractivity contribution in [3.05, 3.63) is 152 Å². The molecule has 0 bridgehead atoms. The average Bonchev–Trinajstić information content (AvgIpc) is 3.69. The molecule has 4 aromatic heterocycles. The number of hydrogen-bond donors (Lipinski definition) is 0. The van der Waals surface area contributed by atoms with E-state index in [0.29, 0.717) is 0 Å². The first-order valence-corrected chi connectivity index (χ1v) is 15.1. The van der Waals surface area contributed by atoms with E-state index in [9.17, 15) is 0 Å². The Morgan fingerprint density at radius 3 is 2.22 bits per heavy atom. The molecule has 4 heterocycles. The van der Waals surface area contributed by atoms with Gasteiger partial charge >= 0.3 is 0 Å². The van der Waals surface area contributed by atoms with Crippen LogP contribution in [0.1, 0.15) is 0 Å². The van der Waals surface area contributed by atoms with Crippen molar-refractivity contribution >= 4 is 53.6 Å². The van der Waals surface area contributed by atoms with Gasteiger partial charge in [-0.15, -0.1) is 64.3 Å². The number of aromatic nitrogens is 5. The van der Waals surface area contributed by atoms with E-state index >= 15 is 0 Å². The fourth-order valence-corrected chi connectivity index (χ4v) is 6.66. The number of benzene rings is 5. The van der Waals surface area contributed by atoms with Crippen LogP contribution < -0.4 is 0 Å². The van der Waals surface area contributed by atoms with E-state index in [1.807, 2.05) is 84.9 Å². The summed E-state index contributed by atoms with van der Waals surface area (Å²) in [6.07, 6.45) is 1.79. The van der Waals surface area contributed by atoms with Crippen LogP contribution in [0.4, 0.5) is 0 Å². The molecule has 0 saturated heterocycles. The molecule has 0 fully saturated rings. The summed E-state index contributed by atoms with van der Waals surface area (Å²) < 4.78 is 4.54. The van der Waals surface area contributed by atoms with Crippen LogP contribution in [0.5, 0.6) is 0 Å². The van der Waals surface area contributed by atoms with Crippen molar-refractivity contribution in [2.24, 2.45) is 0 Å². The Hall–Kier alpha value is -5.07. The SMILES string of the molecule is [Ir].[c-]1ccc2c(sc3ccccc32)c1-c1nc2c3ccccc3nnc2n1-c1ccccc1.[c-]1ccccc1-c1ccccn1. The molecule has 45 heavy (non-hydrogen) atoms. The number of fused-ring (bicyclic) bond motifs is 6. The molecule has 5 nitrogen and oxygen atoms in total. The minimum Gasteiger partial charge on any atom is -0.316 e. The van der Waals surface area contributed by atoms with Crippen molar-refractivity contribution in [1.82, 2.24) is 24.7 Å². The van der Waals surface area contributed by atoms with Gasteiger partial charge in [-0.3, -0.25) is 4.98 Å². The molecule has 0 aliphatic rings. The Kier molecular flexibility index (Phi) is 7.97. The molecule has 0 spiro atoms. The van der Waals surface area contributed by atoms with E-state index < -0.39 is 0 Å². The number of imidazole rings is 1. The van der Waals surface area contributed by atoms with Gasteiger partial charge in [0.15, 0.2) is 5.65 Å². The summed E-state index contributed by atoms with van der Waals surface area (Å²) in [6, 6.07) is 51.2. The molecule has 9 rings (SSSR count). The summed E-state index contributed by atoms with van der Waals surface area (Å²) in [5, 5.41) is 12.6. The zero-order valence-corrected chi connectivity index (χ0v) is 27.0. The summed E-state index contributed by atoms with van der Waals surface area (Å²) in [5.74, 6) is 0.828. The molecule has 7 heteroatoms. The van der Waals surface area contributed by atoms with E-state index in [1.165, 1.54) is 20.2 Å². The van der Waals surface area contributed by atoms with Crippen LogP contribution in [0.25, 0.3) is 70.6 Å². The Morgan fingerprint density at radius 1 is 0.622 bits per heavy atom. The molecule has 0 aliphatic heterocycles. The molecule has 0 aliphatic carbocycles. The largest absolute Gasteiger partial charge is 0.316 e. The smallest absolute Gasteiger partial charge is 0.178 e. The second-order valence-electron chi connectivity index (χ2n) is 10.2. The van der Waals surface area contributed by atoms with Crippen LogP contribution in [0, 0.1) is 12.1 Å². The summed E-state index contributed by atoms with van der Waals surface area (Å²) in [7, 11) is 0. The van der Waals surface area contributed by atoms with Crippen molar-refractivity contribution in [3.8, 4) is 28.3 Å². The molecule has 0 atom stereocenters. The number of para-hydroxylation sites is 1. The first kappa shape index (κ1) is 28.7. The summed E-state index contributed by atoms with van der Waals surface area (Å²) in [4.78, 5) is 9.36. The third-order valence-corrected chi connectivity index (χ3v) is 8.70. The van der Waals surface area contributed by atoms with Gasteiger partial charge in [-0.25, -0.2) is 0 Å². The Labute approximate surface area is 277 Å². The first-order chi connectivity index (χ1) is 21.8. The fraction of sp³-hybridized carbons (Fsp3) is 0. The standard InChI is InChI=1S/C27H15N4S.C11H8N.Ir/c1-2-9-17(10-3-1)31-26(28-24-20-12-4-6-15-22(20)29-30-27(24)31)21-14-8-13-19-18-11-5-7-16-23(18)32-25(19)21;1-2-6-10(7-3-1)11-8-4-5-9-12-11;/h1-13,15-16H;1-6,8-9H;/q2*-1;. The van der Waals surface area contributed by atoms with Crippen molar-refractivity contribution in [3.63, 3.8) is 0 Å². The molecule has 0 N–H and O–H groups in total. The van der Waals surface area contributed by atoms with Crippen molar-refractivity contribution in [1.29, 1.82) is 0 Å². The third-order valence-electron chi connectivity index (χ3n) is 7.49. The predicted octanol–water partition coefficient (Wildman–Crippen LogP) is 9.35. The maximum absolute atomic E-state index is 5.14. The van der Waals surface area contributed by atoms with Gasteiger partial charge in [0.2, 0.25) is 0 Å². The van der Waals surface area contributed by atoms with Gasteiger partial charge in [0.1, 0.15) is 5.52 Å². The van der Waals surface area contributed by atoms with Crippen LogP contribution in [0.2, 0.25) is 0 Å². The van der Waals surface area contributed by atoms with Gasteiger partial charge in [-0.05, 0) is 46.1 Å². The number of thiophene rings is 1. The van der Waals surface area contributed by atoms with Crippen LogP contribution in [0.15, 0.2) is 140 Å². The maximum Gasteiger partial charge on any atom is 0.178 e. The van der Waals surface area contributed by atoms with E-state index in [1.54, 1.807) is 17.5 Å². The van der Waals surface area contributed by atoms with Gasteiger partial charge in [0.05, 0.1) is 11.3 Å².